The zero-order valence-electron chi connectivity index (χ0n) is 15.7. The summed E-state index contributed by atoms with van der Waals surface area (Å²) in [5.41, 5.74) is -0.514. The van der Waals surface area contributed by atoms with Crippen LogP contribution in [-0.2, 0) is 9.57 Å². The van der Waals surface area contributed by atoms with Crippen molar-refractivity contribution in [1.82, 2.24) is 19.8 Å². The highest BCUT2D eigenvalue weighted by molar-refractivity contribution is 6.35. The first kappa shape index (κ1) is 21.3. The van der Waals surface area contributed by atoms with Gasteiger partial charge in [0.15, 0.2) is 6.10 Å². The smallest absolute Gasteiger partial charge is 0.434 e. The van der Waals surface area contributed by atoms with Crippen molar-refractivity contribution in [3.63, 3.8) is 0 Å². The van der Waals surface area contributed by atoms with Gasteiger partial charge in [-0.05, 0) is 18.2 Å². The number of hydrogen-bond acceptors (Lipinski definition) is 6. The maximum Gasteiger partial charge on any atom is 0.434 e. The van der Waals surface area contributed by atoms with E-state index in [2.05, 4.69) is 10.1 Å². The second-order valence-corrected chi connectivity index (χ2v) is 7.65. The number of carbonyl (C=O) groups is 1. The Balaban J connectivity index is 2.41. The summed E-state index contributed by atoms with van der Waals surface area (Å²) in [5, 5.41) is 5.92. The van der Waals surface area contributed by atoms with Gasteiger partial charge in [-0.15, -0.1) is 0 Å². The van der Waals surface area contributed by atoms with Crippen molar-refractivity contribution < 1.29 is 19.1 Å². The van der Waals surface area contributed by atoms with Crippen molar-refractivity contribution in [3.05, 3.63) is 40.9 Å². The summed E-state index contributed by atoms with van der Waals surface area (Å²) in [5.74, 6) is 0.368. The van der Waals surface area contributed by atoms with Crippen molar-refractivity contribution in [2.75, 3.05) is 14.2 Å². The van der Waals surface area contributed by atoms with Crippen molar-refractivity contribution in [3.8, 4) is 5.75 Å². The number of nitrogens with zero attached hydrogens (tertiary/aromatic N) is 4. The first-order valence-electron chi connectivity index (χ1n) is 8.07. The average molecular weight is 417 g/mol. The molecule has 0 aliphatic rings. The molecule has 1 aromatic carbocycles. The Bertz CT molecular complexity index is 765. The standard InChI is InChI=1S/C17H22Cl2N4O4/c1-17(2,3)14(27-16(24)22(4)25-5)15(23-10-20-9-21-23)26-13-7-6-11(18)8-12(13)19/h6-10,14-15H,1-5H3. The first-order chi connectivity index (χ1) is 12.6. The van der Waals surface area contributed by atoms with Crippen LogP contribution in [0.3, 0.4) is 0 Å². The van der Waals surface area contributed by atoms with Gasteiger partial charge in [-0.1, -0.05) is 44.0 Å². The third-order valence-electron chi connectivity index (χ3n) is 3.71. The van der Waals surface area contributed by atoms with Gasteiger partial charge in [0.1, 0.15) is 18.4 Å². The highest BCUT2D eigenvalue weighted by Crippen LogP contribution is 2.36. The molecule has 0 bridgehead atoms. The predicted octanol–water partition coefficient (Wildman–Crippen LogP) is 4.21. The summed E-state index contributed by atoms with van der Waals surface area (Å²) < 4.78 is 13.2. The minimum absolute atomic E-state index is 0.320. The number of carbonyl (C=O) groups excluding carboxylic acids is 1. The van der Waals surface area contributed by atoms with E-state index in [0.29, 0.717) is 15.8 Å². The second kappa shape index (κ2) is 8.77. The third kappa shape index (κ3) is 5.47. The maximum absolute atomic E-state index is 12.3. The fraction of sp³-hybridized carbons (Fsp3) is 0.471. The number of aromatic nitrogens is 3. The molecular weight excluding hydrogens is 395 g/mol. The summed E-state index contributed by atoms with van der Waals surface area (Å²) >= 11 is 12.2. The molecule has 148 valence electrons. The lowest BCUT2D eigenvalue weighted by molar-refractivity contribution is -0.134. The summed E-state index contributed by atoms with van der Waals surface area (Å²) in [6, 6.07) is 4.85. The van der Waals surface area contributed by atoms with Gasteiger partial charge < -0.3 is 9.47 Å². The summed E-state index contributed by atoms with van der Waals surface area (Å²) in [6.07, 6.45) is 0.578. The molecule has 0 aliphatic carbocycles. The van der Waals surface area contributed by atoms with E-state index in [1.54, 1.807) is 18.2 Å². The van der Waals surface area contributed by atoms with Gasteiger partial charge in [0, 0.05) is 17.5 Å². The minimum Gasteiger partial charge on any atom is -0.463 e. The van der Waals surface area contributed by atoms with Crippen LogP contribution in [0.4, 0.5) is 4.79 Å². The van der Waals surface area contributed by atoms with Crippen LogP contribution in [0.1, 0.15) is 27.0 Å². The van der Waals surface area contributed by atoms with Crippen LogP contribution in [-0.4, -0.2) is 46.2 Å². The molecule has 0 aliphatic heterocycles. The molecule has 0 fully saturated rings. The Morgan fingerprint density at radius 1 is 1.30 bits per heavy atom. The van der Waals surface area contributed by atoms with Gasteiger partial charge >= 0.3 is 6.09 Å². The first-order valence-corrected chi connectivity index (χ1v) is 8.83. The van der Waals surface area contributed by atoms with Crippen LogP contribution in [0.25, 0.3) is 0 Å². The fourth-order valence-corrected chi connectivity index (χ4v) is 2.68. The van der Waals surface area contributed by atoms with Gasteiger partial charge in [-0.2, -0.15) is 10.2 Å². The lowest BCUT2D eigenvalue weighted by Gasteiger charge is -2.36. The molecule has 10 heteroatoms. The van der Waals surface area contributed by atoms with Gasteiger partial charge in [-0.25, -0.2) is 14.5 Å². The van der Waals surface area contributed by atoms with E-state index in [0.717, 1.165) is 5.06 Å². The molecule has 0 spiro atoms. The second-order valence-electron chi connectivity index (χ2n) is 6.81. The van der Waals surface area contributed by atoms with Crippen LogP contribution in [0, 0.1) is 5.41 Å². The van der Waals surface area contributed by atoms with Crippen LogP contribution in [0.15, 0.2) is 30.9 Å². The van der Waals surface area contributed by atoms with E-state index in [1.807, 2.05) is 20.8 Å². The van der Waals surface area contributed by atoms with E-state index >= 15 is 0 Å². The highest BCUT2D eigenvalue weighted by atomic mass is 35.5. The van der Waals surface area contributed by atoms with Gasteiger partial charge in [0.2, 0.25) is 6.23 Å². The van der Waals surface area contributed by atoms with E-state index in [9.17, 15) is 4.79 Å². The topological polar surface area (TPSA) is 78.7 Å². The minimum atomic E-state index is -0.833. The average Bonchev–Trinajstić information content (AvgIpc) is 3.12. The zero-order chi connectivity index (χ0) is 20.2. The molecule has 0 saturated heterocycles. The molecule has 2 aromatic rings. The molecule has 0 N–H and O–H groups in total. The van der Waals surface area contributed by atoms with Crippen molar-refractivity contribution >= 4 is 29.3 Å². The van der Waals surface area contributed by atoms with Crippen LogP contribution in [0.5, 0.6) is 5.75 Å². The molecule has 8 nitrogen and oxygen atoms in total. The number of amides is 1. The van der Waals surface area contributed by atoms with Gasteiger partial charge in [0.05, 0.1) is 12.1 Å². The van der Waals surface area contributed by atoms with E-state index < -0.39 is 23.8 Å². The van der Waals surface area contributed by atoms with Gasteiger partial charge in [0.25, 0.3) is 0 Å². The fourth-order valence-electron chi connectivity index (χ4n) is 2.22. The Kier molecular flexibility index (Phi) is 6.91. The number of hydroxylamine groups is 2. The maximum atomic E-state index is 12.3. The molecule has 2 atom stereocenters. The van der Waals surface area contributed by atoms with E-state index in [1.165, 1.54) is 31.5 Å². The largest absolute Gasteiger partial charge is 0.463 e. The Labute approximate surface area is 167 Å². The van der Waals surface area contributed by atoms with Crippen LogP contribution in [0.2, 0.25) is 10.0 Å². The summed E-state index contributed by atoms with van der Waals surface area (Å²) in [4.78, 5) is 21.2. The number of ether oxygens (including phenoxy) is 2. The normalized spacial score (nSPS) is 13.7. The number of rotatable bonds is 6. The highest BCUT2D eigenvalue weighted by Gasteiger charge is 2.40. The molecule has 1 amide bonds. The lowest BCUT2D eigenvalue weighted by Crippen LogP contribution is -2.44. The van der Waals surface area contributed by atoms with Crippen molar-refractivity contribution in [1.29, 1.82) is 0 Å². The summed E-state index contributed by atoms with van der Waals surface area (Å²) in [7, 11) is 2.82. The monoisotopic (exact) mass is 416 g/mol. The van der Waals surface area contributed by atoms with Crippen LogP contribution >= 0.6 is 23.2 Å². The Hall–Kier alpha value is -2.03. The summed E-state index contributed by atoms with van der Waals surface area (Å²) in [6.45, 7) is 5.73. The number of halogens is 2. The van der Waals surface area contributed by atoms with E-state index in [-0.39, 0.29) is 0 Å². The SMILES string of the molecule is CON(C)C(=O)OC(C(Oc1ccc(Cl)cc1Cl)n1cncn1)C(C)(C)C. The zero-order valence-corrected chi connectivity index (χ0v) is 17.2. The predicted molar refractivity (Wildman–Crippen MR) is 101 cm³/mol. The lowest BCUT2D eigenvalue weighted by atomic mass is 9.87. The number of hydrogen-bond donors (Lipinski definition) is 0. The molecule has 27 heavy (non-hydrogen) atoms. The number of benzene rings is 1. The molecule has 0 saturated carbocycles. The van der Waals surface area contributed by atoms with Crippen molar-refractivity contribution in [2.24, 2.45) is 5.41 Å². The Morgan fingerprint density at radius 3 is 2.52 bits per heavy atom. The molecular formula is C17H22Cl2N4O4. The molecule has 2 unspecified atom stereocenters. The van der Waals surface area contributed by atoms with E-state index in [4.69, 9.17) is 37.5 Å². The Morgan fingerprint density at radius 2 is 2.00 bits per heavy atom. The van der Waals surface area contributed by atoms with Crippen LogP contribution < -0.4 is 4.74 Å². The molecule has 2 rings (SSSR count). The van der Waals surface area contributed by atoms with Crippen molar-refractivity contribution in [2.45, 2.75) is 33.1 Å². The third-order valence-corrected chi connectivity index (χ3v) is 4.24. The van der Waals surface area contributed by atoms with Gasteiger partial charge in [-0.3, -0.25) is 4.84 Å². The molecule has 1 heterocycles. The molecule has 0 radical (unpaired) electrons. The molecule has 1 aromatic heterocycles. The quantitative estimate of drug-likeness (QED) is 0.656.